The van der Waals surface area contributed by atoms with E-state index in [0.29, 0.717) is 31.3 Å². The smallest absolute Gasteiger partial charge is 0.305 e. The van der Waals surface area contributed by atoms with E-state index in [0.717, 1.165) is 24.8 Å². The van der Waals surface area contributed by atoms with E-state index in [4.69, 9.17) is 10.9 Å². The number of nitrogens with zero attached hydrogens (tertiary/aromatic N) is 3. The summed E-state index contributed by atoms with van der Waals surface area (Å²) in [7, 11) is -4.19. The Hall–Kier alpha value is -3.71. The molecule has 4 rings (SSSR count). The standard InChI is InChI=1S/C27H36N6O6S/c28-30-18-32-12-3-4-19(17-32)16-29-25(34)15-24(27(37)33(22-8-9-22)13-11-26(35)36)31-40(38,39)23-10-7-20-5-1-2-6-21(20)14-23/h1-2,5-7,10,14,18-19,22,24,31H,3-4,8-9,11-13,15-17,28H2,(H,29,34)(H,35,36)/t19-,24-/m0/s1. The van der Waals surface area contributed by atoms with Gasteiger partial charge in [0.05, 0.1) is 17.7 Å². The number of nitrogens with one attached hydrogen (secondary N) is 2. The zero-order valence-corrected chi connectivity index (χ0v) is 23.1. The van der Waals surface area contributed by atoms with Gasteiger partial charge < -0.3 is 26.1 Å². The van der Waals surface area contributed by atoms with Crippen molar-refractivity contribution in [3.8, 4) is 0 Å². The molecule has 2 fully saturated rings. The Bertz CT molecular complexity index is 1360. The Kier molecular flexibility index (Phi) is 9.58. The van der Waals surface area contributed by atoms with Gasteiger partial charge in [0.2, 0.25) is 21.8 Å². The molecule has 0 spiro atoms. The number of hydrogen-bond donors (Lipinski definition) is 4. The van der Waals surface area contributed by atoms with Crippen LogP contribution < -0.4 is 15.9 Å². The van der Waals surface area contributed by atoms with Crippen LogP contribution in [0.4, 0.5) is 0 Å². The number of hydrazone groups is 1. The second kappa shape index (κ2) is 13.1. The number of piperidine rings is 1. The second-order valence-electron chi connectivity index (χ2n) is 10.4. The van der Waals surface area contributed by atoms with Gasteiger partial charge in [-0.3, -0.25) is 14.4 Å². The molecule has 1 aliphatic carbocycles. The molecular weight excluding hydrogens is 536 g/mol. The number of carbonyl (C=O) groups excluding carboxylic acids is 2. The molecule has 1 saturated carbocycles. The van der Waals surface area contributed by atoms with Gasteiger partial charge in [-0.05, 0) is 54.5 Å². The Balaban J connectivity index is 1.50. The molecule has 5 N–H and O–H groups in total. The summed E-state index contributed by atoms with van der Waals surface area (Å²) in [4.78, 5) is 41.2. The predicted octanol–water partition coefficient (Wildman–Crippen LogP) is 1.07. The summed E-state index contributed by atoms with van der Waals surface area (Å²) in [6, 6.07) is 10.4. The van der Waals surface area contributed by atoms with Gasteiger partial charge in [0, 0.05) is 32.2 Å². The number of likely N-dealkylation sites (tertiary alicyclic amines) is 1. The van der Waals surface area contributed by atoms with Crippen molar-refractivity contribution in [1.29, 1.82) is 0 Å². The van der Waals surface area contributed by atoms with Crippen molar-refractivity contribution >= 4 is 44.9 Å². The van der Waals surface area contributed by atoms with Gasteiger partial charge >= 0.3 is 5.97 Å². The van der Waals surface area contributed by atoms with E-state index < -0.39 is 40.3 Å². The van der Waals surface area contributed by atoms with Crippen LogP contribution in [0.5, 0.6) is 0 Å². The molecular formula is C27H36N6O6S. The summed E-state index contributed by atoms with van der Waals surface area (Å²) in [6.07, 6.45) is 4.09. The lowest BCUT2D eigenvalue weighted by Crippen LogP contribution is -2.52. The third-order valence-electron chi connectivity index (χ3n) is 7.22. The molecule has 13 heteroatoms. The molecule has 0 radical (unpaired) electrons. The van der Waals surface area contributed by atoms with E-state index >= 15 is 0 Å². The van der Waals surface area contributed by atoms with Crippen LogP contribution in [0.15, 0.2) is 52.5 Å². The first kappa shape index (κ1) is 29.3. The highest BCUT2D eigenvalue weighted by atomic mass is 32.2. The molecule has 0 bridgehead atoms. The topological polar surface area (TPSA) is 174 Å². The quantitative estimate of drug-likeness (QED) is 0.119. The highest BCUT2D eigenvalue weighted by molar-refractivity contribution is 7.89. The average molecular weight is 573 g/mol. The number of sulfonamides is 1. The molecule has 2 aromatic rings. The van der Waals surface area contributed by atoms with Gasteiger partial charge in [0.25, 0.3) is 0 Å². The Morgan fingerprint density at radius 1 is 1.15 bits per heavy atom. The molecule has 1 aliphatic heterocycles. The second-order valence-corrected chi connectivity index (χ2v) is 12.1. The van der Waals surface area contributed by atoms with Crippen molar-refractivity contribution in [1.82, 2.24) is 19.8 Å². The fraction of sp³-hybridized carbons (Fsp3) is 0.481. The van der Waals surface area contributed by atoms with Gasteiger partial charge in [-0.2, -0.15) is 9.82 Å². The van der Waals surface area contributed by atoms with Gasteiger partial charge in [0.1, 0.15) is 12.4 Å². The number of carboxylic acids is 1. The monoisotopic (exact) mass is 572 g/mol. The summed E-state index contributed by atoms with van der Waals surface area (Å²) in [5.74, 6) is 3.26. The summed E-state index contributed by atoms with van der Waals surface area (Å²) in [6.45, 7) is 1.79. The molecule has 216 valence electrons. The van der Waals surface area contributed by atoms with Gasteiger partial charge in [0.15, 0.2) is 0 Å². The largest absolute Gasteiger partial charge is 0.481 e. The van der Waals surface area contributed by atoms with Crippen LogP contribution in [0.25, 0.3) is 10.8 Å². The molecule has 1 heterocycles. The first-order chi connectivity index (χ1) is 19.2. The van der Waals surface area contributed by atoms with Crippen LogP contribution >= 0.6 is 0 Å². The molecule has 12 nitrogen and oxygen atoms in total. The van der Waals surface area contributed by atoms with E-state index in [2.05, 4.69) is 15.1 Å². The SMILES string of the molecule is NN=CN1CCC[C@@H](CNC(=O)C[C@H](NS(=O)(=O)c2ccc3ccccc3c2)C(=O)N(CCC(=O)O)C2CC2)C1. The van der Waals surface area contributed by atoms with Crippen molar-refractivity contribution < 1.29 is 27.9 Å². The van der Waals surface area contributed by atoms with Crippen LogP contribution in [-0.4, -0.2) is 85.7 Å². The van der Waals surface area contributed by atoms with E-state index in [1.807, 2.05) is 17.0 Å². The van der Waals surface area contributed by atoms with Gasteiger partial charge in [-0.15, -0.1) is 0 Å². The lowest BCUT2D eigenvalue weighted by atomic mass is 9.98. The Morgan fingerprint density at radius 3 is 2.60 bits per heavy atom. The average Bonchev–Trinajstić information content (AvgIpc) is 3.77. The van der Waals surface area contributed by atoms with Crippen molar-refractivity contribution in [3.05, 3.63) is 42.5 Å². The van der Waals surface area contributed by atoms with E-state index in [1.54, 1.807) is 24.5 Å². The van der Waals surface area contributed by atoms with Gasteiger partial charge in [-0.1, -0.05) is 30.3 Å². The van der Waals surface area contributed by atoms with Crippen LogP contribution in [0.2, 0.25) is 0 Å². The molecule has 2 aromatic carbocycles. The van der Waals surface area contributed by atoms with Crippen LogP contribution in [0, 0.1) is 5.92 Å². The number of carbonyl (C=O) groups is 3. The first-order valence-corrected chi connectivity index (χ1v) is 14.9. The number of carboxylic acid groups (broad SMARTS) is 1. The third kappa shape index (κ3) is 7.92. The zero-order valence-electron chi connectivity index (χ0n) is 22.2. The predicted molar refractivity (Wildman–Crippen MR) is 150 cm³/mol. The highest BCUT2D eigenvalue weighted by Gasteiger charge is 2.38. The molecule has 2 atom stereocenters. The lowest BCUT2D eigenvalue weighted by Gasteiger charge is -2.31. The molecule has 0 aromatic heterocycles. The third-order valence-corrected chi connectivity index (χ3v) is 8.69. The van der Waals surface area contributed by atoms with E-state index in [1.165, 1.54) is 17.0 Å². The summed E-state index contributed by atoms with van der Waals surface area (Å²) < 4.78 is 29.3. The Morgan fingerprint density at radius 2 is 1.90 bits per heavy atom. The fourth-order valence-corrected chi connectivity index (χ4v) is 6.25. The molecule has 2 amide bonds. The van der Waals surface area contributed by atoms with E-state index in [9.17, 15) is 22.8 Å². The molecule has 1 saturated heterocycles. The minimum atomic E-state index is -4.19. The van der Waals surface area contributed by atoms with Crippen LogP contribution in [-0.2, 0) is 24.4 Å². The fourth-order valence-electron chi connectivity index (χ4n) is 5.02. The number of fused-ring (bicyclic) bond motifs is 1. The minimum Gasteiger partial charge on any atom is -0.481 e. The van der Waals surface area contributed by atoms with Gasteiger partial charge in [-0.25, -0.2) is 8.42 Å². The minimum absolute atomic E-state index is 0.0308. The lowest BCUT2D eigenvalue weighted by molar-refractivity contribution is -0.140. The van der Waals surface area contributed by atoms with Crippen molar-refractivity contribution in [3.63, 3.8) is 0 Å². The number of hydrogen-bond acceptors (Lipinski definition) is 7. The number of rotatable bonds is 13. The maximum absolute atomic E-state index is 13.6. The number of benzene rings is 2. The maximum atomic E-state index is 13.6. The van der Waals surface area contributed by atoms with Crippen molar-refractivity contribution in [2.45, 2.75) is 55.5 Å². The molecule has 2 aliphatic rings. The summed E-state index contributed by atoms with van der Waals surface area (Å²) in [5.41, 5.74) is 0. The molecule has 0 unspecified atom stereocenters. The molecule has 40 heavy (non-hydrogen) atoms. The zero-order chi connectivity index (χ0) is 28.7. The Labute approximate surface area is 233 Å². The van der Waals surface area contributed by atoms with E-state index in [-0.39, 0.29) is 29.8 Å². The number of nitrogens with two attached hydrogens (primary N) is 1. The van der Waals surface area contributed by atoms with Crippen LogP contribution in [0.3, 0.4) is 0 Å². The maximum Gasteiger partial charge on any atom is 0.305 e. The van der Waals surface area contributed by atoms with Crippen LogP contribution in [0.1, 0.15) is 38.5 Å². The summed E-state index contributed by atoms with van der Waals surface area (Å²) >= 11 is 0. The summed E-state index contributed by atoms with van der Waals surface area (Å²) in [5, 5.41) is 17.1. The van der Waals surface area contributed by atoms with Crippen molar-refractivity contribution in [2.24, 2.45) is 16.9 Å². The normalized spacial score (nSPS) is 18.5. The number of amides is 2. The highest BCUT2D eigenvalue weighted by Crippen LogP contribution is 2.28. The first-order valence-electron chi connectivity index (χ1n) is 13.4. The van der Waals surface area contributed by atoms with Crippen molar-refractivity contribution in [2.75, 3.05) is 26.2 Å². The number of aliphatic carboxylic acids is 1.